The number of fused-ring (bicyclic) bond motifs is 1. The molecule has 0 saturated carbocycles. The second kappa shape index (κ2) is 5.23. The molecule has 0 spiro atoms. The summed E-state index contributed by atoms with van der Waals surface area (Å²) in [5.41, 5.74) is 9.31. The number of methoxy groups -OCH3 is 2. The molecule has 21 heavy (non-hydrogen) atoms. The van der Waals surface area contributed by atoms with E-state index in [2.05, 4.69) is 27.4 Å². The van der Waals surface area contributed by atoms with Gasteiger partial charge in [0.1, 0.15) is 5.82 Å². The fourth-order valence-corrected chi connectivity index (χ4v) is 2.51. The molecule has 1 aromatic heterocycles. The summed E-state index contributed by atoms with van der Waals surface area (Å²) in [6.45, 7) is 0. The Morgan fingerprint density at radius 1 is 1.24 bits per heavy atom. The normalized spacial score (nSPS) is 20.4. The van der Waals surface area contributed by atoms with Crippen LogP contribution in [0, 0.1) is 0 Å². The molecule has 6 heteroatoms. The number of aromatic nitrogens is 1. The SMILES string of the molecule is COC1=NC(N)(OC)c2c(Cc3ccccc3)c[nH]c2N1. The van der Waals surface area contributed by atoms with Gasteiger partial charge in [-0.1, -0.05) is 30.3 Å². The molecule has 0 bridgehead atoms. The molecule has 1 aromatic carbocycles. The van der Waals surface area contributed by atoms with Crippen molar-refractivity contribution in [1.82, 2.24) is 4.98 Å². The highest BCUT2D eigenvalue weighted by Crippen LogP contribution is 2.35. The standard InChI is InChI=1S/C15H18N4O2/c1-20-14-18-13-12(15(16,19-14)21-2)11(9-17-13)8-10-6-4-3-5-7-10/h3-7,9,17H,8,16H2,1-2H3,(H,18,19). The van der Waals surface area contributed by atoms with E-state index in [9.17, 15) is 0 Å². The largest absolute Gasteiger partial charge is 0.468 e. The molecule has 4 N–H and O–H groups in total. The van der Waals surface area contributed by atoms with Crippen LogP contribution in [0.3, 0.4) is 0 Å². The number of rotatable bonds is 3. The molecule has 0 aliphatic carbocycles. The minimum absolute atomic E-state index is 0.319. The summed E-state index contributed by atoms with van der Waals surface area (Å²) < 4.78 is 10.6. The van der Waals surface area contributed by atoms with Gasteiger partial charge in [-0.3, -0.25) is 11.1 Å². The summed E-state index contributed by atoms with van der Waals surface area (Å²) in [5.74, 6) is -0.507. The van der Waals surface area contributed by atoms with Gasteiger partial charge in [-0.05, 0) is 17.5 Å². The first-order chi connectivity index (χ1) is 10.2. The molecule has 0 saturated heterocycles. The first kappa shape index (κ1) is 13.7. The minimum atomic E-state index is -1.25. The van der Waals surface area contributed by atoms with Crippen LogP contribution in [0.1, 0.15) is 16.7 Å². The molecular weight excluding hydrogens is 268 g/mol. The van der Waals surface area contributed by atoms with Crippen LogP contribution in [0.2, 0.25) is 0 Å². The highest BCUT2D eigenvalue weighted by molar-refractivity contribution is 5.91. The van der Waals surface area contributed by atoms with Gasteiger partial charge >= 0.3 is 0 Å². The maximum absolute atomic E-state index is 6.29. The lowest BCUT2D eigenvalue weighted by Crippen LogP contribution is -2.43. The monoisotopic (exact) mass is 286 g/mol. The molecule has 2 heterocycles. The lowest BCUT2D eigenvalue weighted by atomic mass is 10.0. The van der Waals surface area contributed by atoms with Crippen molar-refractivity contribution in [2.45, 2.75) is 12.3 Å². The Bertz CT molecular complexity index is 666. The van der Waals surface area contributed by atoms with E-state index in [1.807, 2.05) is 24.4 Å². The van der Waals surface area contributed by atoms with Crippen LogP contribution in [0.15, 0.2) is 41.5 Å². The molecule has 0 fully saturated rings. The van der Waals surface area contributed by atoms with Crippen molar-refractivity contribution >= 4 is 11.8 Å². The van der Waals surface area contributed by atoms with E-state index < -0.39 is 5.85 Å². The number of aromatic amines is 1. The van der Waals surface area contributed by atoms with Gasteiger partial charge < -0.3 is 14.5 Å². The minimum Gasteiger partial charge on any atom is -0.468 e. The number of amidine groups is 1. The van der Waals surface area contributed by atoms with Gasteiger partial charge in [0.2, 0.25) is 5.85 Å². The highest BCUT2D eigenvalue weighted by atomic mass is 16.5. The van der Waals surface area contributed by atoms with Crippen LogP contribution in [0.25, 0.3) is 0 Å². The number of ether oxygens (including phenoxy) is 2. The molecule has 1 unspecified atom stereocenters. The zero-order valence-electron chi connectivity index (χ0n) is 12.0. The number of hydrogen-bond acceptors (Lipinski definition) is 5. The fraction of sp³-hybridized carbons (Fsp3) is 0.267. The van der Waals surface area contributed by atoms with Crippen molar-refractivity contribution in [2.75, 3.05) is 19.5 Å². The third-order valence-corrected chi connectivity index (χ3v) is 3.56. The maximum atomic E-state index is 6.29. The van der Waals surface area contributed by atoms with Crippen LogP contribution in [0.4, 0.5) is 5.82 Å². The molecule has 0 radical (unpaired) electrons. The summed E-state index contributed by atoms with van der Waals surface area (Å²) in [5, 5.41) is 3.05. The molecular formula is C15H18N4O2. The molecule has 110 valence electrons. The summed E-state index contributed by atoms with van der Waals surface area (Å²) >= 11 is 0. The third kappa shape index (κ3) is 2.39. The summed E-state index contributed by atoms with van der Waals surface area (Å²) in [6.07, 6.45) is 2.66. The van der Waals surface area contributed by atoms with Gasteiger partial charge in [-0.25, -0.2) is 0 Å². The molecule has 0 amide bonds. The topological polar surface area (TPSA) is 84.7 Å². The van der Waals surface area contributed by atoms with Crippen LogP contribution in [0.5, 0.6) is 0 Å². The molecule has 2 aromatic rings. The van der Waals surface area contributed by atoms with Gasteiger partial charge in [0.15, 0.2) is 0 Å². The highest BCUT2D eigenvalue weighted by Gasteiger charge is 2.38. The first-order valence-corrected chi connectivity index (χ1v) is 6.66. The first-order valence-electron chi connectivity index (χ1n) is 6.66. The lowest BCUT2D eigenvalue weighted by molar-refractivity contribution is -0.00429. The maximum Gasteiger partial charge on any atom is 0.294 e. The lowest BCUT2D eigenvalue weighted by Gasteiger charge is -2.30. The van der Waals surface area contributed by atoms with Crippen LogP contribution in [-0.4, -0.2) is 25.2 Å². The van der Waals surface area contributed by atoms with Gasteiger partial charge in [0.05, 0.1) is 12.7 Å². The summed E-state index contributed by atoms with van der Waals surface area (Å²) in [6, 6.07) is 10.5. The molecule has 1 atom stereocenters. The Hall–Kier alpha value is -2.31. The van der Waals surface area contributed by atoms with Gasteiger partial charge in [0, 0.05) is 13.3 Å². The molecule has 1 aliphatic rings. The number of nitrogens with zero attached hydrogens (tertiary/aromatic N) is 1. The zero-order valence-corrected chi connectivity index (χ0v) is 12.0. The Kier molecular flexibility index (Phi) is 3.40. The Balaban J connectivity index is 2.00. The van der Waals surface area contributed by atoms with Crippen LogP contribution < -0.4 is 11.1 Å². The van der Waals surface area contributed by atoms with Gasteiger partial charge in [-0.2, -0.15) is 4.99 Å². The van der Waals surface area contributed by atoms with Crippen molar-refractivity contribution < 1.29 is 9.47 Å². The molecule has 6 nitrogen and oxygen atoms in total. The van der Waals surface area contributed by atoms with E-state index in [1.165, 1.54) is 19.8 Å². The number of nitrogens with two attached hydrogens (primary N) is 1. The second-order valence-electron chi connectivity index (χ2n) is 4.87. The Morgan fingerprint density at radius 2 is 2.00 bits per heavy atom. The van der Waals surface area contributed by atoms with E-state index in [0.29, 0.717) is 6.02 Å². The number of benzene rings is 1. The van der Waals surface area contributed by atoms with Crippen molar-refractivity contribution in [3.05, 3.63) is 53.2 Å². The average molecular weight is 286 g/mol. The summed E-state index contributed by atoms with van der Waals surface area (Å²) in [7, 11) is 3.06. The van der Waals surface area contributed by atoms with E-state index in [-0.39, 0.29) is 0 Å². The third-order valence-electron chi connectivity index (χ3n) is 3.56. The predicted octanol–water partition coefficient (Wildman–Crippen LogP) is 1.75. The second-order valence-corrected chi connectivity index (χ2v) is 4.87. The average Bonchev–Trinajstić information content (AvgIpc) is 2.92. The van der Waals surface area contributed by atoms with Gasteiger partial charge in [-0.15, -0.1) is 0 Å². The van der Waals surface area contributed by atoms with Gasteiger partial charge in [0.25, 0.3) is 6.02 Å². The molecule has 3 rings (SSSR count). The summed E-state index contributed by atoms with van der Waals surface area (Å²) in [4.78, 5) is 7.45. The number of hydrogen-bond donors (Lipinski definition) is 3. The number of aliphatic imine (C=N–C) groups is 1. The van der Waals surface area contributed by atoms with Crippen LogP contribution in [-0.2, 0) is 21.7 Å². The van der Waals surface area contributed by atoms with Crippen LogP contribution >= 0.6 is 0 Å². The number of H-pyrrole nitrogens is 1. The van der Waals surface area contributed by atoms with E-state index in [1.54, 1.807) is 0 Å². The number of anilines is 1. The van der Waals surface area contributed by atoms with E-state index >= 15 is 0 Å². The zero-order chi connectivity index (χ0) is 14.9. The molecule has 1 aliphatic heterocycles. The van der Waals surface area contributed by atoms with Crippen molar-refractivity contribution in [3.8, 4) is 0 Å². The smallest absolute Gasteiger partial charge is 0.294 e. The Labute approximate surface area is 123 Å². The predicted molar refractivity (Wildman–Crippen MR) is 81.0 cm³/mol. The van der Waals surface area contributed by atoms with Crippen molar-refractivity contribution in [2.24, 2.45) is 10.7 Å². The van der Waals surface area contributed by atoms with E-state index in [4.69, 9.17) is 15.2 Å². The number of nitrogens with one attached hydrogen (secondary N) is 2. The van der Waals surface area contributed by atoms with E-state index in [0.717, 1.165) is 23.4 Å². The fourth-order valence-electron chi connectivity index (χ4n) is 2.51. The van der Waals surface area contributed by atoms with Crippen molar-refractivity contribution in [3.63, 3.8) is 0 Å². The quantitative estimate of drug-likeness (QED) is 0.750. The van der Waals surface area contributed by atoms with Crippen molar-refractivity contribution in [1.29, 1.82) is 0 Å². The Morgan fingerprint density at radius 3 is 2.67 bits per heavy atom.